The lowest BCUT2D eigenvalue weighted by atomic mass is 10.4. The van der Waals surface area contributed by atoms with E-state index in [1.807, 2.05) is 13.8 Å². The molecule has 0 atom stereocenters. The lowest BCUT2D eigenvalue weighted by Gasteiger charge is -2.19. The summed E-state index contributed by atoms with van der Waals surface area (Å²) in [6.07, 6.45) is 1.21. The number of rotatable bonds is 6. The molecular weight excluding hydrogens is 274 g/mol. The number of hydrogen-bond acceptors (Lipinski definition) is 7. The molecule has 1 heterocycles. The Bertz CT molecular complexity index is 496. The first-order valence-corrected chi connectivity index (χ1v) is 8.34. The van der Waals surface area contributed by atoms with Crippen molar-refractivity contribution in [3.05, 3.63) is 0 Å². The summed E-state index contributed by atoms with van der Waals surface area (Å²) < 4.78 is 31.9. The average Bonchev–Trinajstić information content (AvgIpc) is 2.55. The molecule has 0 aliphatic rings. The molecule has 0 bridgehead atoms. The van der Waals surface area contributed by atoms with Gasteiger partial charge in [-0.15, -0.1) is 0 Å². The minimum absolute atomic E-state index is 0.00856. The van der Waals surface area contributed by atoms with Crippen LogP contribution in [-0.2, 0) is 9.84 Å². The van der Waals surface area contributed by atoms with Crippen LogP contribution in [0.15, 0.2) is 0 Å². The third kappa shape index (κ3) is 4.34. The van der Waals surface area contributed by atoms with Crippen molar-refractivity contribution in [3.8, 4) is 5.75 Å². The largest absolute Gasteiger partial charge is 0.484 e. The van der Waals surface area contributed by atoms with Gasteiger partial charge in [-0.3, -0.25) is 0 Å². The maximum absolute atomic E-state index is 11.1. The van der Waals surface area contributed by atoms with E-state index >= 15 is 0 Å². The van der Waals surface area contributed by atoms with Crippen LogP contribution in [0.5, 0.6) is 5.75 Å². The summed E-state index contributed by atoms with van der Waals surface area (Å²) >= 11 is 1.21. The Morgan fingerprint density at radius 1 is 1.50 bits per heavy atom. The highest BCUT2D eigenvalue weighted by atomic mass is 32.2. The molecule has 0 radical (unpaired) electrons. The highest BCUT2D eigenvalue weighted by molar-refractivity contribution is 7.90. The third-order valence-electron chi connectivity index (χ3n) is 2.16. The maximum atomic E-state index is 11.1. The molecule has 0 aliphatic carbocycles. The zero-order valence-corrected chi connectivity index (χ0v) is 12.6. The van der Waals surface area contributed by atoms with E-state index in [2.05, 4.69) is 4.37 Å². The summed E-state index contributed by atoms with van der Waals surface area (Å²) in [4.78, 5) is 1.80. The fourth-order valence-electron chi connectivity index (χ4n) is 1.28. The van der Waals surface area contributed by atoms with Crippen molar-refractivity contribution >= 4 is 32.2 Å². The molecule has 18 heavy (non-hydrogen) atoms. The van der Waals surface area contributed by atoms with Gasteiger partial charge in [-0.05, 0) is 25.4 Å². The van der Waals surface area contributed by atoms with Crippen molar-refractivity contribution in [2.45, 2.75) is 20.0 Å². The summed E-state index contributed by atoms with van der Waals surface area (Å²) in [5, 5.41) is 0.754. The van der Waals surface area contributed by atoms with E-state index in [1.54, 1.807) is 11.9 Å². The molecular formula is C10H19N3O3S2. The molecule has 0 saturated carbocycles. The van der Waals surface area contributed by atoms with Gasteiger partial charge in [-0.1, -0.05) is 0 Å². The second-order valence-corrected chi connectivity index (χ2v) is 7.43. The Labute approximate surface area is 112 Å². The van der Waals surface area contributed by atoms with Gasteiger partial charge in [0.15, 0.2) is 16.6 Å². The van der Waals surface area contributed by atoms with Crippen LogP contribution in [0.1, 0.15) is 13.8 Å². The van der Waals surface area contributed by atoms with Crippen LogP contribution in [-0.4, -0.2) is 44.5 Å². The summed E-state index contributed by atoms with van der Waals surface area (Å²) in [5.74, 6) is 0.962. The van der Waals surface area contributed by atoms with Gasteiger partial charge >= 0.3 is 0 Å². The molecule has 0 aliphatic heterocycles. The Balaban J connectivity index is 2.82. The van der Waals surface area contributed by atoms with Gasteiger partial charge < -0.3 is 15.4 Å². The summed E-state index contributed by atoms with van der Waals surface area (Å²) in [6.45, 7) is 4.18. The van der Waals surface area contributed by atoms with Crippen LogP contribution in [0.25, 0.3) is 0 Å². The Kier molecular flexibility index (Phi) is 4.80. The van der Waals surface area contributed by atoms with E-state index in [1.165, 1.54) is 17.8 Å². The van der Waals surface area contributed by atoms with Crippen molar-refractivity contribution in [1.82, 2.24) is 4.37 Å². The van der Waals surface area contributed by atoms with Crippen LogP contribution in [0.4, 0.5) is 10.8 Å². The number of ether oxygens (including phenoxy) is 1. The van der Waals surface area contributed by atoms with Crippen LogP contribution < -0.4 is 15.4 Å². The fourth-order valence-corrected chi connectivity index (χ4v) is 2.62. The van der Waals surface area contributed by atoms with Gasteiger partial charge in [0.05, 0.1) is 11.9 Å². The van der Waals surface area contributed by atoms with E-state index in [9.17, 15) is 8.42 Å². The standard InChI is InChI=1S/C10H19N3O3S2/c1-7(2)16-8-9(11)12-17-10(8)13(3)5-6-18(4,14)15/h7H,5-6H2,1-4H3,(H2,11,12). The number of anilines is 2. The molecule has 0 aromatic carbocycles. The van der Waals surface area contributed by atoms with Gasteiger partial charge in [-0.2, -0.15) is 4.37 Å². The molecule has 0 amide bonds. The van der Waals surface area contributed by atoms with E-state index in [0.29, 0.717) is 18.1 Å². The van der Waals surface area contributed by atoms with E-state index in [0.717, 1.165) is 5.00 Å². The second-order valence-electron chi connectivity index (χ2n) is 4.42. The minimum atomic E-state index is -2.99. The Morgan fingerprint density at radius 3 is 2.61 bits per heavy atom. The molecule has 104 valence electrons. The fraction of sp³-hybridized carbons (Fsp3) is 0.700. The molecule has 2 N–H and O–H groups in total. The van der Waals surface area contributed by atoms with Gasteiger partial charge in [0.2, 0.25) is 0 Å². The number of nitrogens with zero attached hydrogens (tertiary/aromatic N) is 2. The third-order valence-corrected chi connectivity index (χ3v) is 4.04. The van der Waals surface area contributed by atoms with Gasteiger partial charge in [0, 0.05) is 19.8 Å². The van der Waals surface area contributed by atoms with Crippen molar-refractivity contribution in [2.24, 2.45) is 0 Å². The summed E-state index contributed by atoms with van der Waals surface area (Å²) in [6, 6.07) is 0. The molecule has 0 spiro atoms. The van der Waals surface area contributed by atoms with Crippen LogP contribution in [0, 0.1) is 0 Å². The minimum Gasteiger partial charge on any atom is -0.484 e. The lowest BCUT2D eigenvalue weighted by Crippen LogP contribution is -2.24. The molecule has 1 aromatic heterocycles. The highest BCUT2D eigenvalue weighted by Gasteiger charge is 2.18. The van der Waals surface area contributed by atoms with Crippen molar-refractivity contribution in [1.29, 1.82) is 0 Å². The average molecular weight is 293 g/mol. The maximum Gasteiger partial charge on any atom is 0.198 e. The molecule has 1 rings (SSSR count). The van der Waals surface area contributed by atoms with Crippen LogP contribution in [0.3, 0.4) is 0 Å². The first kappa shape index (κ1) is 15.0. The predicted molar refractivity (Wildman–Crippen MR) is 75.3 cm³/mol. The number of nitrogen functional groups attached to an aromatic ring is 1. The summed E-state index contributed by atoms with van der Waals surface area (Å²) in [5.41, 5.74) is 5.74. The Hall–Kier alpha value is -1.02. The first-order valence-electron chi connectivity index (χ1n) is 5.51. The van der Waals surface area contributed by atoms with Gasteiger partial charge in [0.25, 0.3) is 0 Å². The highest BCUT2D eigenvalue weighted by Crippen LogP contribution is 2.38. The number of aromatic nitrogens is 1. The van der Waals surface area contributed by atoms with E-state index in [-0.39, 0.29) is 11.9 Å². The topological polar surface area (TPSA) is 85.5 Å². The van der Waals surface area contributed by atoms with Gasteiger partial charge in [-0.25, -0.2) is 8.42 Å². The predicted octanol–water partition coefficient (Wildman–Crippen LogP) is 0.993. The molecule has 8 heteroatoms. The van der Waals surface area contributed by atoms with E-state index in [4.69, 9.17) is 10.5 Å². The van der Waals surface area contributed by atoms with E-state index < -0.39 is 9.84 Å². The molecule has 6 nitrogen and oxygen atoms in total. The number of sulfone groups is 1. The first-order chi connectivity index (χ1) is 8.20. The smallest absolute Gasteiger partial charge is 0.198 e. The van der Waals surface area contributed by atoms with Crippen molar-refractivity contribution in [3.63, 3.8) is 0 Å². The lowest BCUT2D eigenvalue weighted by molar-refractivity contribution is 0.245. The molecule has 0 unspecified atom stereocenters. The molecule has 1 aromatic rings. The van der Waals surface area contributed by atoms with Gasteiger partial charge in [0.1, 0.15) is 9.84 Å². The van der Waals surface area contributed by atoms with Crippen molar-refractivity contribution < 1.29 is 13.2 Å². The molecule has 0 saturated heterocycles. The van der Waals surface area contributed by atoms with Crippen molar-refractivity contribution in [2.75, 3.05) is 36.2 Å². The Morgan fingerprint density at radius 2 is 2.11 bits per heavy atom. The van der Waals surface area contributed by atoms with Crippen LogP contribution in [0.2, 0.25) is 0 Å². The normalized spacial score (nSPS) is 11.8. The zero-order valence-electron chi connectivity index (χ0n) is 11.0. The number of hydrogen-bond donors (Lipinski definition) is 1. The second kappa shape index (κ2) is 5.75. The number of nitrogens with two attached hydrogens (primary N) is 1. The monoisotopic (exact) mass is 293 g/mol. The SMILES string of the molecule is CC(C)Oc1c(N)nsc1N(C)CCS(C)(=O)=O. The van der Waals surface area contributed by atoms with Crippen LogP contribution >= 0.6 is 11.5 Å². The molecule has 0 fully saturated rings. The quantitative estimate of drug-likeness (QED) is 0.842. The zero-order chi connectivity index (χ0) is 13.9. The summed E-state index contributed by atoms with van der Waals surface area (Å²) in [7, 11) is -1.19.